The summed E-state index contributed by atoms with van der Waals surface area (Å²) in [6, 6.07) is 7.43. The molecule has 1 aromatic carbocycles. The fraction of sp³-hybridized carbons (Fsp3) is 0.500. The highest BCUT2D eigenvalue weighted by Gasteiger charge is 2.19. The Kier molecular flexibility index (Phi) is 6.16. The molecule has 0 heterocycles. The van der Waals surface area contributed by atoms with E-state index < -0.39 is 0 Å². The van der Waals surface area contributed by atoms with Gasteiger partial charge in [-0.05, 0) is 25.0 Å². The van der Waals surface area contributed by atoms with Crippen LogP contribution >= 0.6 is 11.6 Å². The van der Waals surface area contributed by atoms with Crippen LogP contribution in [0.1, 0.15) is 38.3 Å². The molecule has 0 spiro atoms. The summed E-state index contributed by atoms with van der Waals surface area (Å²) in [6.07, 6.45) is 1.77. The van der Waals surface area contributed by atoms with E-state index in [1.807, 2.05) is 38.1 Å². The highest BCUT2D eigenvalue weighted by Crippen LogP contribution is 2.22. The van der Waals surface area contributed by atoms with Gasteiger partial charge in [0, 0.05) is 11.6 Å². The molecule has 3 N–H and O–H groups in total. The zero-order chi connectivity index (χ0) is 13.5. The van der Waals surface area contributed by atoms with Crippen LogP contribution in [0.4, 0.5) is 0 Å². The number of benzene rings is 1. The highest BCUT2D eigenvalue weighted by atomic mass is 35.5. The number of rotatable bonds is 6. The van der Waals surface area contributed by atoms with Crippen LogP contribution < -0.4 is 11.1 Å². The van der Waals surface area contributed by atoms with Crippen LogP contribution in [0.5, 0.6) is 0 Å². The number of hydrogen-bond donors (Lipinski definition) is 2. The minimum absolute atomic E-state index is 0.00627. The second-order valence-corrected chi connectivity index (χ2v) is 4.88. The van der Waals surface area contributed by atoms with E-state index in [0.717, 1.165) is 18.4 Å². The fourth-order valence-corrected chi connectivity index (χ4v) is 2.24. The van der Waals surface area contributed by atoms with Gasteiger partial charge in [-0.2, -0.15) is 0 Å². The summed E-state index contributed by atoms with van der Waals surface area (Å²) in [5.74, 6) is -0.105. The van der Waals surface area contributed by atoms with Crippen molar-refractivity contribution in [2.75, 3.05) is 6.54 Å². The number of hydrogen-bond acceptors (Lipinski definition) is 2. The predicted octanol–water partition coefficient (Wildman–Crippen LogP) is 2.89. The molecule has 0 saturated heterocycles. The van der Waals surface area contributed by atoms with E-state index in [2.05, 4.69) is 5.32 Å². The van der Waals surface area contributed by atoms with Crippen LogP contribution in [0, 0.1) is 5.92 Å². The zero-order valence-electron chi connectivity index (χ0n) is 10.9. The maximum atomic E-state index is 12.0. The van der Waals surface area contributed by atoms with Crippen molar-refractivity contribution in [3.8, 4) is 0 Å². The third-order valence-corrected chi connectivity index (χ3v) is 3.37. The van der Waals surface area contributed by atoms with Gasteiger partial charge in [0.1, 0.15) is 0 Å². The van der Waals surface area contributed by atoms with E-state index in [0.29, 0.717) is 11.6 Å². The lowest BCUT2D eigenvalue weighted by Crippen LogP contribution is -2.36. The van der Waals surface area contributed by atoms with Crippen LogP contribution in [0.15, 0.2) is 24.3 Å². The Morgan fingerprint density at radius 3 is 2.67 bits per heavy atom. The molecule has 2 atom stereocenters. The molecule has 0 aliphatic heterocycles. The minimum Gasteiger partial charge on any atom is -0.349 e. The molecular formula is C14H21ClN2O. The molecular weight excluding hydrogens is 248 g/mol. The lowest BCUT2D eigenvalue weighted by Gasteiger charge is -2.19. The average Bonchev–Trinajstić information content (AvgIpc) is 2.36. The first kappa shape index (κ1) is 15.0. The standard InChI is InChI=1S/C14H21ClN2O/c1-3-6-11(9-16)14(18)17-10(2)12-7-4-5-8-13(12)15/h4-5,7-8,10-11H,3,6,9,16H2,1-2H3,(H,17,18). The van der Waals surface area contributed by atoms with Crippen LogP contribution in [0.25, 0.3) is 0 Å². The van der Waals surface area contributed by atoms with Gasteiger partial charge in [-0.1, -0.05) is 43.1 Å². The number of carbonyl (C=O) groups excluding carboxylic acids is 1. The highest BCUT2D eigenvalue weighted by molar-refractivity contribution is 6.31. The second-order valence-electron chi connectivity index (χ2n) is 4.47. The SMILES string of the molecule is CCCC(CN)C(=O)NC(C)c1ccccc1Cl. The topological polar surface area (TPSA) is 55.1 Å². The summed E-state index contributed by atoms with van der Waals surface area (Å²) in [4.78, 5) is 12.0. The van der Waals surface area contributed by atoms with Crippen molar-refractivity contribution in [2.45, 2.75) is 32.7 Å². The maximum absolute atomic E-state index is 12.0. The molecule has 100 valence electrons. The van der Waals surface area contributed by atoms with E-state index >= 15 is 0 Å². The average molecular weight is 269 g/mol. The van der Waals surface area contributed by atoms with Crippen LogP contribution in [-0.4, -0.2) is 12.5 Å². The first-order valence-electron chi connectivity index (χ1n) is 6.35. The summed E-state index contributed by atoms with van der Waals surface area (Å²) in [7, 11) is 0. The third kappa shape index (κ3) is 4.00. The predicted molar refractivity (Wildman–Crippen MR) is 75.5 cm³/mol. The van der Waals surface area contributed by atoms with Crippen molar-refractivity contribution < 1.29 is 4.79 Å². The number of amides is 1. The summed E-state index contributed by atoms with van der Waals surface area (Å²) < 4.78 is 0. The van der Waals surface area contributed by atoms with Gasteiger partial charge in [-0.25, -0.2) is 0 Å². The zero-order valence-corrected chi connectivity index (χ0v) is 11.7. The van der Waals surface area contributed by atoms with E-state index in [1.165, 1.54) is 0 Å². The molecule has 0 fully saturated rings. The molecule has 1 aromatic rings. The quantitative estimate of drug-likeness (QED) is 0.834. The van der Waals surface area contributed by atoms with Gasteiger partial charge in [0.15, 0.2) is 0 Å². The summed E-state index contributed by atoms with van der Waals surface area (Å²) in [5, 5.41) is 3.64. The van der Waals surface area contributed by atoms with Crippen molar-refractivity contribution in [3.05, 3.63) is 34.9 Å². The lowest BCUT2D eigenvalue weighted by atomic mass is 10.0. The molecule has 0 aromatic heterocycles. The monoisotopic (exact) mass is 268 g/mol. The fourth-order valence-electron chi connectivity index (χ4n) is 1.94. The number of nitrogens with two attached hydrogens (primary N) is 1. The van der Waals surface area contributed by atoms with Gasteiger partial charge in [-0.3, -0.25) is 4.79 Å². The molecule has 0 bridgehead atoms. The normalized spacial score (nSPS) is 14.0. The molecule has 4 heteroatoms. The van der Waals surface area contributed by atoms with Crippen LogP contribution in [0.2, 0.25) is 5.02 Å². The van der Waals surface area contributed by atoms with Crippen LogP contribution in [-0.2, 0) is 4.79 Å². The Labute approximate surface area is 114 Å². The molecule has 0 radical (unpaired) electrons. The van der Waals surface area contributed by atoms with Gasteiger partial charge >= 0.3 is 0 Å². The number of carbonyl (C=O) groups is 1. The van der Waals surface area contributed by atoms with E-state index in [9.17, 15) is 4.79 Å². The van der Waals surface area contributed by atoms with Crippen molar-refractivity contribution in [2.24, 2.45) is 11.7 Å². The summed E-state index contributed by atoms with van der Waals surface area (Å²) >= 11 is 6.10. The summed E-state index contributed by atoms with van der Waals surface area (Å²) in [6.45, 7) is 4.36. The lowest BCUT2D eigenvalue weighted by molar-refractivity contribution is -0.125. The van der Waals surface area contributed by atoms with Gasteiger partial charge in [-0.15, -0.1) is 0 Å². The Bertz CT molecular complexity index is 395. The van der Waals surface area contributed by atoms with Gasteiger partial charge in [0.2, 0.25) is 5.91 Å². The Hall–Kier alpha value is -1.06. The smallest absolute Gasteiger partial charge is 0.224 e. The number of halogens is 1. The third-order valence-electron chi connectivity index (χ3n) is 3.02. The summed E-state index contributed by atoms with van der Waals surface area (Å²) in [5.41, 5.74) is 6.55. The molecule has 0 aliphatic rings. The Balaban J connectivity index is 2.67. The maximum Gasteiger partial charge on any atom is 0.224 e. The molecule has 2 unspecified atom stereocenters. The Morgan fingerprint density at radius 2 is 2.11 bits per heavy atom. The largest absolute Gasteiger partial charge is 0.349 e. The van der Waals surface area contributed by atoms with Crippen molar-refractivity contribution in [1.29, 1.82) is 0 Å². The van der Waals surface area contributed by atoms with E-state index in [1.54, 1.807) is 0 Å². The molecule has 3 nitrogen and oxygen atoms in total. The van der Waals surface area contributed by atoms with Gasteiger partial charge in [0.05, 0.1) is 12.0 Å². The van der Waals surface area contributed by atoms with Crippen LogP contribution in [0.3, 0.4) is 0 Å². The molecule has 18 heavy (non-hydrogen) atoms. The first-order chi connectivity index (χ1) is 8.60. The molecule has 1 rings (SSSR count). The van der Waals surface area contributed by atoms with E-state index in [4.69, 9.17) is 17.3 Å². The minimum atomic E-state index is -0.111. The number of nitrogens with one attached hydrogen (secondary N) is 1. The van der Waals surface area contributed by atoms with Crippen molar-refractivity contribution in [3.63, 3.8) is 0 Å². The second kappa shape index (κ2) is 7.39. The van der Waals surface area contributed by atoms with Gasteiger partial charge in [0.25, 0.3) is 0 Å². The van der Waals surface area contributed by atoms with E-state index in [-0.39, 0.29) is 17.9 Å². The Morgan fingerprint density at radius 1 is 1.44 bits per heavy atom. The molecule has 0 aliphatic carbocycles. The van der Waals surface area contributed by atoms with Crippen molar-refractivity contribution in [1.82, 2.24) is 5.32 Å². The van der Waals surface area contributed by atoms with Gasteiger partial charge < -0.3 is 11.1 Å². The molecule has 1 amide bonds. The first-order valence-corrected chi connectivity index (χ1v) is 6.72. The molecule has 0 saturated carbocycles. The van der Waals surface area contributed by atoms with Crippen molar-refractivity contribution >= 4 is 17.5 Å².